The van der Waals surface area contributed by atoms with E-state index in [0.29, 0.717) is 19.3 Å². The van der Waals surface area contributed by atoms with E-state index in [1.165, 1.54) is 148 Å². The zero-order valence-electron chi connectivity index (χ0n) is 50.0. The van der Waals surface area contributed by atoms with Gasteiger partial charge in [-0.3, -0.25) is 14.4 Å². The van der Waals surface area contributed by atoms with Crippen molar-refractivity contribution in [3.8, 4) is 0 Å². The van der Waals surface area contributed by atoms with Crippen LogP contribution < -0.4 is 0 Å². The zero-order valence-corrected chi connectivity index (χ0v) is 50.0. The molecule has 0 amide bonds. The van der Waals surface area contributed by atoms with Crippen LogP contribution in [0.4, 0.5) is 0 Å². The lowest BCUT2D eigenvalue weighted by molar-refractivity contribution is -0.167. The van der Waals surface area contributed by atoms with E-state index in [-0.39, 0.29) is 31.1 Å². The van der Waals surface area contributed by atoms with E-state index in [1.807, 2.05) is 0 Å². The number of carbonyl (C=O) groups is 3. The number of ether oxygens (including phenoxy) is 3. The maximum Gasteiger partial charge on any atom is 0.306 e. The highest BCUT2D eigenvalue weighted by atomic mass is 16.6. The summed E-state index contributed by atoms with van der Waals surface area (Å²) in [6.45, 7) is 6.54. The number of rotatable bonds is 58. The monoisotopic (exact) mass is 1060 g/mol. The molecular weight excluding hydrogens is 937 g/mol. The molecule has 0 aromatic heterocycles. The molecular formula is C70H120O6. The van der Waals surface area contributed by atoms with Gasteiger partial charge in [0.15, 0.2) is 6.10 Å². The van der Waals surface area contributed by atoms with Gasteiger partial charge in [0.1, 0.15) is 13.2 Å². The largest absolute Gasteiger partial charge is 0.462 e. The summed E-state index contributed by atoms with van der Waals surface area (Å²) in [5.41, 5.74) is 0. The highest BCUT2D eigenvalue weighted by molar-refractivity contribution is 5.71. The first-order valence-electron chi connectivity index (χ1n) is 32.2. The highest BCUT2D eigenvalue weighted by Gasteiger charge is 2.19. The Bertz CT molecular complexity index is 1490. The van der Waals surface area contributed by atoms with Crippen LogP contribution in [-0.4, -0.2) is 37.2 Å². The Balaban J connectivity index is 4.28. The third-order valence-electron chi connectivity index (χ3n) is 13.9. The number of esters is 3. The maximum absolute atomic E-state index is 12.9. The van der Waals surface area contributed by atoms with Gasteiger partial charge in [0.25, 0.3) is 0 Å². The summed E-state index contributed by atoms with van der Waals surface area (Å²) in [6, 6.07) is 0. The van der Waals surface area contributed by atoms with Crippen molar-refractivity contribution in [3.63, 3.8) is 0 Å². The first-order valence-corrected chi connectivity index (χ1v) is 32.2. The van der Waals surface area contributed by atoms with Crippen LogP contribution in [0.25, 0.3) is 0 Å². The zero-order chi connectivity index (χ0) is 55.0. The van der Waals surface area contributed by atoms with Gasteiger partial charge in [-0.2, -0.15) is 0 Å². The van der Waals surface area contributed by atoms with Gasteiger partial charge in [0, 0.05) is 19.3 Å². The molecule has 1 atom stereocenters. The molecule has 0 N–H and O–H groups in total. The molecule has 0 aliphatic carbocycles. The van der Waals surface area contributed by atoms with E-state index in [9.17, 15) is 14.4 Å². The van der Waals surface area contributed by atoms with Crippen molar-refractivity contribution in [2.75, 3.05) is 13.2 Å². The van der Waals surface area contributed by atoms with Crippen LogP contribution in [0.15, 0.2) is 97.2 Å². The van der Waals surface area contributed by atoms with E-state index in [4.69, 9.17) is 14.2 Å². The average molecular weight is 1060 g/mol. The van der Waals surface area contributed by atoms with Crippen molar-refractivity contribution >= 4 is 17.9 Å². The van der Waals surface area contributed by atoms with Crippen molar-refractivity contribution in [3.05, 3.63) is 97.2 Å². The third-order valence-corrected chi connectivity index (χ3v) is 13.9. The number of hydrogen-bond donors (Lipinski definition) is 0. The van der Waals surface area contributed by atoms with E-state index in [0.717, 1.165) is 122 Å². The van der Waals surface area contributed by atoms with Crippen LogP contribution in [0.1, 0.15) is 310 Å². The number of unbranched alkanes of at least 4 members (excludes halogenated alkanes) is 31. The Morgan fingerprint density at radius 1 is 0.276 bits per heavy atom. The summed E-state index contributed by atoms with van der Waals surface area (Å²) < 4.78 is 16.9. The van der Waals surface area contributed by atoms with E-state index in [2.05, 4.69) is 118 Å². The number of carbonyl (C=O) groups excluding carboxylic acids is 3. The maximum atomic E-state index is 12.9. The van der Waals surface area contributed by atoms with Gasteiger partial charge in [0.05, 0.1) is 0 Å². The molecule has 0 heterocycles. The molecule has 6 heteroatoms. The SMILES string of the molecule is CC/C=C\C/C=C\C/C=C\C/C=C\C/C=C\C/C=C\C/C=C\C/C=C\CCCCCCCCC(=O)OCC(COC(=O)CCCCCCCCCCCCCCC)OC(=O)CCCCCCCCCCCCCCCC. The van der Waals surface area contributed by atoms with E-state index >= 15 is 0 Å². The molecule has 0 bridgehead atoms. The second-order valence-corrected chi connectivity index (χ2v) is 21.3. The van der Waals surface area contributed by atoms with Gasteiger partial charge in [-0.15, -0.1) is 0 Å². The highest BCUT2D eigenvalue weighted by Crippen LogP contribution is 2.16. The molecule has 0 rings (SSSR count). The Morgan fingerprint density at radius 3 is 0.803 bits per heavy atom. The quantitative estimate of drug-likeness (QED) is 0.0261. The summed E-state index contributed by atoms with van der Waals surface area (Å²) in [4.78, 5) is 38.2. The molecule has 6 nitrogen and oxygen atoms in total. The Kier molecular flexibility index (Phi) is 60.8. The smallest absolute Gasteiger partial charge is 0.306 e. The van der Waals surface area contributed by atoms with Crippen molar-refractivity contribution in [2.24, 2.45) is 0 Å². The molecule has 1 unspecified atom stereocenters. The second kappa shape index (κ2) is 63.9. The molecule has 436 valence electrons. The second-order valence-electron chi connectivity index (χ2n) is 21.3. The third kappa shape index (κ3) is 61.2. The predicted octanol–water partition coefficient (Wildman–Crippen LogP) is 22.0. The van der Waals surface area contributed by atoms with Gasteiger partial charge >= 0.3 is 17.9 Å². The van der Waals surface area contributed by atoms with Gasteiger partial charge in [-0.25, -0.2) is 0 Å². The topological polar surface area (TPSA) is 78.9 Å². The summed E-state index contributed by atoms with van der Waals surface area (Å²) >= 11 is 0. The molecule has 0 aliphatic rings. The van der Waals surface area contributed by atoms with Crippen LogP contribution >= 0.6 is 0 Å². The number of hydrogen-bond acceptors (Lipinski definition) is 6. The fourth-order valence-electron chi connectivity index (χ4n) is 9.05. The van der Waals surface area contributed by atoms with E-state index < -0.39 is 6.10 Å². The van der Waals surface area contributed by atoms with Crippen molar-refractivity contribution in [1.29, 1.82) is 0 Å². The number of allylic oxidation sites excluding steroid dienone is 16. The molecule has 0 fully saturated rings. The normalized spacial score (nSPS) is 12.7. The minimum absolute atomic E-state index is 0.0774. The van der Waals surface area contributed by atoms with Gasteiger partial charge < -0.3 is 14.2 Å². The molecule has 0 radical (unpaired) electrons. The predicted molar refractivity (Wildman–Crippen MR) is 330 cm³/mol. The lowest BCUT2D eigenvalue weighted by Crippen LogP contribution is -2.30. The van der Waals surface area contributed by atoms with Crippen molar-refractivity contribution in [1.82, 2.24) is 0 Å². The molecule has 76 heavy (non-hydrogen) atoms. The van der Waals surface area contributed by atoms with Crippen LogP contribution in [0.5, 0.6) is 0 Å². The minimum Gasteiger partial charge on any atom is -0.462 e. The molecule has 0 saturated heterocycles. The summed E-state index contributed by atoms with van der Waals surface area (Å²) in [6.07, 6.45) is 85.5. The molecule has 0 aromatic rings. The lowest BCUT2D eigenvalue weighted by Gasteiger charge is -2.18. The summed E-state index contributed by atoms with van der Waals surface area (Å²) in [7, 11) is 0. The Labute approximate surface area is 470 Å². The molecule has 0 aliphatic heterocycles. The van der Waals surface area contributed by atoms with Crippen molar-refractivity contribution in [2.45, 2.75) is 316 Å². The fourth-order valence-corrected chi connectivity index (χ4v) is 9.05. The molecule has 0 spiro atoms. The first-order chi connectivity index (χ1) is 37.5. The van der Waals surface area contributed by atoms with Crippen LogP contribution in [0, 0.1) is 0 Å². The molecule has 0 aromatic carbocycles. The van der Waals surface area contributed by atoms with Crippen LogP contribution in [-0.2, 0) is 28.6 Å². The Morgan fingerprint density at radius 2 is 0.513 bits per heavy atom. The van der Waals surface area contributed by atoms with Gasteiger partial charge in [-0.05, 0) is 83.5 Å². The average Bonchev–Trinajstić information content (AvgIpc) is 3.42. The molecule has 0 saturated carbocycles. The first kappa shape index (κ1) is 72.3. The van der Waals surface area contributed by atoms with Crippen LogP contribution in [0.3, 0.4) is 0 Å². The lowest BCUT2D eigenvalue weighted by atomic mass is 10.0. The van der Waals surface area contributed by atoms with Crippen molar-refractivity contribution < 1.29 is 28.6 Å². The standard InChI is InChI=1S/C70H120O6/c1-4-7-10-13-16-19-22-25-27-28-29-30-31-32-33-34-35-36-37-38-39-40-41-42-43-46-48-51-54-57-60-63-69(72)75-66-67(65-74-68(71)62-59-56-53-50-47-44-24-21-18-15-12-9-6-3)76-70(73)64-61-58-55-52-49-45-26-23-20-17-14-11-8-5-2/h7,10,16,19,25,27,29-30,32-33,35-36,38-39,41-42,67H,4-6,8-9,11-15,17-18,20-24,26,28,31,34,37,40,43-66H2,1-3H3/b10-7-,19-16-,27-25-,30-29-,33-32-,36-35-,39-38-,42-41-. The van der Waals surface area contributed by atoms with Crippen LogP contribution in [0.2, 0.25) is 0 Å². The van der Waals surface area contributed by atoms with E-state index in [1.54, 1.807) is 0 Å². The Hall–Kier alpha value is -3.67. The van der Waals surface area contributed by atoms with Gasteiger partial charge in [-0.1, -0.05) is 304 Å². The minimum atomic E-state index is -0.780. The summed E-state index contributed by atoms with van der Waals surface area (Å²) in [5, 5.41) is 0. The van der Waals surface area contributed by atoms with Gasteiger partial charge in [0.2, 0.25) is 0 Å². The fraction of sp³-hybridized carbons (Fsp3) is 0.729. The summed E-state index contributed by atoms with van der Waals surface area (Å²) in [5.74, 6) is -0.880.